The standard InChI is InChI=1S/C18H23N5O4S/c1-3-12-28(25,26)21-11-10-19-18-20-13-15(17(24)27-4-2)16(23-18)22-14-8-6-5-7-9-14/h3,5-9,13,21H,1,4,10-12H2,2H3,(H2,19,20,22,23). The number of aromatic nitrogens is 2. The van der Waals surface area contributed by atoms with Crippen molar-refractivity contribution in [2.45, 2.75) is 6.92 Å². The SMILES string of the molecule is C=CCS(=O)(=O)NCCNc1ncc(C(=O)OCC)c(Nc2ccccc2)n1. The van der Waals surface area contributed by atoms with Crippen LogP contribution in [0.1, 0.15) is 17.3 Å². The Morgan fingerprint density at radius 3 is 2.68 bits per heavy atom. The van der Waals surface area contributed by atoms with Crippen LogP contribution in [0, 0.1) is 0 Å². The van der Waals surface area contributed by atoms with Crippen molar-refractivity contribution in [3.05, 3.63) is 54.7 Å². The first-order chi connectivity index (χ1) is 13.4. The number of ether oxygens (including phenoxy) is 1. The molecule has 0 atom stereocenters. The van der Waals surface area contributed by atoms with Gasteiger partial charge in [-0.05, 0) is 19.1 Å². The van der Waals surface area contributed by atoms with E-state index in [9.17, 15) is 13.2 Å². The van der Waals surface area contributed by atoms with Gasteiger partial charge in [-0.2, -0.15) is 4.98 Å². The number of para-hydroxylation sites is 1. The van der Waals surface area contributed by atoms with E-state index in [0.717, 1.165) is 5.69 Å². The Morgan fingerprint density at radius 2 is 2.00 bits per heavy atom. The number of hydrogen-bond donors (Lipinski definition) is 3. The fourth-order valence-corrected chi connectivity index (χ4v) is 3.01. The lowest BCUT2D eigenvalue weighted by atomic mass is 10.2. The van der Waals surface area contributed by atoms with Crippen molar-refractivity contribution in [1.82, 2.24) is 14.7 Å². The largest absolute Gasteiger partial charge is 0.462 e. The number of hydrogen-bond acceptors (Lipinski definition) is 8. The summed E-state index contributed by atoms with van der Waals surface area (Å²) in [6.07, 6.45) is 2.68. The monoisotopic (exact) mass is 405 g/mol. The van der Waals surface area contributed by atoms with Crippen LogP contribution >= 0.6 is 0 Å². The molecule has 1 aromatic heterocycles. The molecule has 0 aliphatic carbocycles. The summed E-state index contributed by atoms with van der Waals surface area (Å²) in [5, 5.41) is 5.99. The van der Waals surface area contributed by atoms with Gasteiger partial charge < -0.3 is 15.4 Å². The predicted octanol–water partition coefficient (Wildman–Crippen LogP) is 1.91. The number of carbonyl (C=O) groups excluding carboxylic acids is 1. The van der Waals surface area contributed by atoms with Gasteiger partial charge in [-0.25, -0.2) is 22.9 Å². The zero-order chi connectivity index (χ0) is 20.4. The molecule has 28 heavy (non-hydrogen) atoms. The molecule has 0 bridgehead atoms. The summed E-state index contributed by atoms with van der Waals surface area (Å²) in [5.41, 5.74) is 0.942. The maximum atomic E-state index is 12.2. The van der Waals surface area contributed by atoms with Crippen LogP contribution in [0.2, 0.25) is 0 Å². The maximum Gasteiger partial charge on any atom is 0.343 e. The molecule has 2 rings (SSSR count). The second-order valence-electron chi connectivity index (χ2n) is 5.56. The second-order valence-corrected chi connectivity index (χ2v) is 7.41. The molecule has 10 heteroatoms. The van der Waals surface area contributed by atoms with Crippen molar-refractivity contribution >= 4 is 33.4 Å². The predicted molar refractivity (Wildman–Crippen MR) is 108 cm³/mol. The highest BCUT2D eigenvalue weighted by Crippen LogP contribution is 2.20. The van der Waals surface area contributed by atoms with Gasteiger partial charge in [0.1, 0.15) is 5.56 Å². The molecule has 0 radical (unpaired) electrons. The van der Waals surface area contributed by atoms with Crippen LogP contribution in [0.25, 0.3) is 0 Å². The molecule has 0 aliphatic heterocycles. The number of carbonyl (C=O) groups is 1. The van der Waals surface area contributed by atoms with Crippen molar-refractivity contribution in [2.75, 3.05) is 36.1 Å². The van der Waals surface area contributed by atoms with E-state index in [1.165, 1.54) is 12.3 Å². The zero-order valence-electron chi connectivity index (χ0n) is 15.5. The van der Waals surface area contributed by atoms with Gasteiger partial charge in [-0.15, -0.1) is 6.58 Å². The van der Waals surface area contributed by atoms with E-state index in [4.69, 9.17) is 4.74 Å². The van der Waals surface area contributed by atoms with Crippen LogP contribution in [-0.2, 0) is 14.8 Å². The highest BCUT2D eigenvalue weighted by molar-refractivity contribution is 7.89. The molecule has 1 aromatic carbocycles. The number of benzene rings is 1. The molecule has 2 aromatic rings. The number of esters is 1. The minimum absolute atomic E-state index is 0.150. The van der Waals surface area contributed by atoms with E-state index in [0.29, 0.717) is 0 Å². The summed E-state index contributed by atoms with van der Waals surface area (Å²) in [4.78, 5) is 20.6. The summed E-state index contributed by atoms with van der Waals surface area (Å²) < 4.78 is 30.6. The van der Waals surface area contributed by atoms with Crippen LogP contribution in [0.4, 0.5) is 17.5 Å². The number of nitrogens with one attached hydrogen (secondary N) is 3. The minimum atomic E-state index is -3.38. The molecule has 0 amide bonds. The lowest BCUT2D eigenvalue weighted by Gasteiger charge is -2.12. The molecule has 150 valence electrons. The van der Waals surface area contributed by atoms with Gasteiger partial charge in [0.25, 0.3) is 0 Å². The molecule has 1 heterocycles. The van der Waals surface area contributed by atoms with Crippen molar-refractivity contribution in [3.8, 4) is 0 Å². The van der Waals surface area contributed by atoms with E-state index < -0.39 is 16.0 Å². The molecular formula is C18H23N5O4S. The van der Waals surface area contributed by atoms with Gasteiger partial charge >= 0.3 is 5.97 Å². The Bertz CT molecular complexity index is 903. The van der Waals surface area contributed by atoms with Gasteiger partial charge in [0.05, 0.1) is 12.4 Å². The van der Waals surface area contributed by atoms with Gasteiger partial charge in [0.2, 0.25) is 16.0 Å². The Morgan fingerprint density at radius 1 is 1.25 bits per heavy atom. The zero-order valence-corrected chi connectivity index (χ0v) is 16.3. The first kappa shape index (κ1) is 21.3. The minimum Gasteiger partial charge on any atom is -0.462 e. The molecule has 0 spiro atoms. The summed E-state index contributed by atoms with van der Waals surface area (Å²) in [6, 6.07) is 9.24. The Balaban J connectivity index is 2.10. The second kappa shape index (κ2) is 10.4. The van der Waals surface area contributed by atoms with Crippen LogP contribution in [0.3, 0.4) is 0 Å². The molecule has 0 saturated heterocycles. The number of rotatable bonds is 11. The third-order valence-electron chi connectivity index (χ3n) is 3.39. The fourth-order valence-electron chi connectivity index (χ4n) is 2.17. The maximum absolute atomic E-state index is 12.2. The van der Waals surface area contributed by atoms with E-state index in [1.54, 1.807) is 6.92 Å². The molecule has 0 unspecified atom stereocenters. The van der Waals surface area contributed by atoms with E-state index in [2.05, 4.69) is 31.9 Å². The quantitative estimate of drug-likeness (QED) is 0.294. The van der Waals surface area contributed by atoms with Gasteiger partial charge in [0, 0.05) is 25.0 Å². The highest BCUT2D eigenvalue weighted by Gasteiger charge is 2.16. The normalized spacial score (nSPS) is 10.9. The first-order valence-electron chi connectivity index (χ1n) is 8.63. The van der Waals surface area contributed by atoms with E-state index in [-0.39, 0.29) is 42.8 Å². The summed E-state index contributed by atoms with van der Waals surface area (Å²) >= 11 is 0. The lowest BCUT2D eigenvalue weighted by molar-refractivity contribution is 0.0526. The molecule has 0 saturated carbocycles. The Kier molecular flexibility index (Phi) is 7.90. The van der Waals surface area contributed by atoms with Crippen molar-refractivity contribution in [1.29, 1.82) is 0 Å². The molecule has 0 fully saturated rings. The molecular weight excluding hydrogens is 382 g/mol. The van der Waals surface area contributed by atoms with Crippen LogP contribution < -0.4 is 15.4 Å². The van der Waals surface area contributed by atoms with Crippen LogP contribution in [-0.4, -0.2) is 49.8 Å². The number of anilines is 3. The first-order valence-corrected chi connectivity index (χ1v) is 10.3. The molecule has 9 nitrogen and oxygen atoms in total. The topological polar surface area (TPSA) is 122 Å². The van der Waals surface area contributed by atoms with E-state index >= 15 is 0 Å². The van der Waals surface area contributed by atoms with E-state index in [1.807, 2.05) is 30.3 Å². The fraction of sp³-hybridized carbons (Fsp3) is 0.278. The van der Waals surface area contributed by atoms with Gasteiger partial charge in [-0.1, -0.05) is 24.3 Å². The third-order valence-corrected chi connectivity index (χ3v) is 4.71. The van der Waals surface area contributed by atoms with Crippen LogP contribution in [0.5, 0.6) is 0 Å². The summed E-state index contributed by atoms with van der Waals surface area (Å²) in [7, 11) is -3.38. The Hall–Kier alpha value is -2.98. The smallest absolute Gasteiger partial charge is 0.343 e. The lowest BCUT2D eigenvalue weighted by Crippen LogP contribution is -2.30. The van der Waals surface area contributed by atoms with Crippen molar-refractivity contribution < 1.29 is 17.9 Å². The number of sulfonamides is 1. The third kappa shape index (κ3) is 6.63. The summed E-state index contributed by atoms with van der Waals surface area (Å²) in [5.74, 6) is -0.156. The Labute approximate surface area is 164 Å². The van der Waals surface area contributed by atoms with Crippen molar-refractivity contribution in [3.63, 3.8) is 0 Å². The summed E-state index contributed by atoms with van der Waals surface area (Å²) in [6.45, 7) is 5.76. The van der Waals surface area contributed by atoms with Gasteiger partial charge in [-0.3, -0.25) is 0 Å². The number of nitrogens with zero attached hydrogens (tertiary/aromatic N) is 2. The molecule has 3 N–H and O–H groups in total. The van der Waals surface area contributed by atoms with Crippen molar-refractivity contribution in [2.24, 2.45) is 0 Å². The molecule has 0 aliphatic rings. The van der Waals surface area contributed by atoms with Gasteiger partial charge in [0.15, 0.2) is 5.82 Å². The van der Waals surface area contributed by atoms with Crippen LogP contribution in [0.15, 0.2) is 49.2 Å². The average Bonchev–Trinajstić information content (AvgIpc) is 2.66. The average molecular weight is 405 g/mol. The highest BCUT2D eigenvalue weighted by atomic mass is 32.2.